The molecular formula is C13H12BrFN2O. The van der Waals surface area contributed by atoms with E-state index >= 15 is 0 Å². The number of benzene rings is 1. The Morgan fingerprint density at radius 3 is 2.89 bits per heavy atom. The van der Waals surface area contributed by atoms with E-state index in [1.807, 2.05) is 6.92 Å². The van der Waals surface area contributed by atoms with Crippen molar-refractivity contribution in [1.29, 1.82) is 0 Å². The Bertz CT molecular complexity index is 523. The van der Waals surface area contributed by atoms with Crippen LogP contribution in [0, 0.1) is 12.7 Å². The van der Waals surface area contributed by atoms with Crippen molar-refractivity contribution in [3.8, 4) is 5.75 Å². The molecule has 0 fully saturated rings. The van der Waals surface area contributed by atoms with Crippen molar-refractivity contribution in [2.75, 3.05) is 5.32 Å². The minimum Gasteiger partial charge on any atom is -0.506 e. The van der Waals surface area contributed by atoms with E-state index < -0.39 is 0 Å². The first-order valence-corrected chi connectivity index (χ1v) is 6.20. The summed E-state index contributed by atoms with van der Waals surface area (Å²) in [5.41, 5.74) is 1.67. The summed E-state index contributed by atoms with van der Waals surface area (Å²) in [6.45, 7) is 2.10. The van der Waals surface area contributed by atoms with Gasteiger partial charge in [0.2, 0.25) is 0 Å². The van der Waals surface area contributed by atoms with Crippen LogP contribution < -0.4 is 5.32 Å². The first kappa shape index (κ1) is 12.8. The molecule has 0 radical (unpaired) electrons. The number of nitrogens with one attached hydrogen (secondary N) is 1. The zero-order valence-electron chi connectivity index (χ0n) is 9.74. The lowest BCUT2D eigenvalue weighted by molar-refractivity contribution is 0.464. The number of pyridine rings is 1. The summed E-state index contributed by atoms with van der Waals surface area (Å²) in [4.78, 5) is 4.19. The van der Waals surface area contributed by atoms with Gasteiger partial charge < -0.3 is 10.4 Å². The van der Waals surface area contributed by atoms with Gasteiger partial charge in [-0.05, 0) is 37.3 Å². The summed E-state index contributed by atoms with van der Waals surface area (Å²) in [6, 6.07) is 7.94. The number of halogens is 2. The highest BCUT2D eigenvalue weighted by atomic mass is 79.9. The van der Waals surface area contributed by atoms with E-state index in [0.29, 0.717) is 11.4 Å². The fourth-order valence-electron chi connectivity index (χ4n) is 1.55. The summed E-state index contributed by atoms with van der Waals surface area (Å²) in [6.07, 6.45) is 0. The molecule has 94 valence electrons. The van der Waals surface area contributed by atoms with Gasteiger partial charge in [-0.25, -0.2) is 4.39 Å². The molecule has 2 rings (SSSR count). The van der Waals surface area contributed by atoms with E-state index in [0.717, 1.165) is 10.2 Å². The van der Waals surface area contributed by atoms with Crippen LogP contribution in [0.2, 0.25) is 0 Å². The van der Waals surface area contributed by atoms with Gasteiger partial charge in [0, 0.05) is 10.2 Å². The number of aromatic hydroxyl groups is 1. The molecule has 0 atom stereocenters. The number of aryl methyl sites for hydroxylation is 1. The summed E-state index contributed by atoms with van der Waals surface area (Å²) in [5.74, 6) is -0.242. The fraction of sp³-hybridized carbons (Fsp3) is 0.154. The van der Waals surface area contributed by atoms with Crippen LogP contribution in [-0.2, 0) is 6.54 Å². The highest BCUT2D eigenvalue weighted by Crippen LogP contribution is 2.22. The predicted octanol–water partition coefficient (Wildman–Crippen LogP) is 3.61. The highest BCUT2D eigenvalue weighted by molar-refractivity contribution is 9.10. The molecule has 5 heteroatoms. The predicted molar refractivity (Wildman–Crippen MR) is 72.1 cm³/mol. The van der Waals surface area contributed by atoms with E-state index in [1.165, 1.54) is 6.07 Å². The molecule has 0 saturated heterocycles. The van der Waals surface area contributed by atoms with Gasteiger partial charge in [-0.15, -0.1) is 0 Å². The number of rotatable bonds is 3. The Balaban J connectivity index is 2.16. The maximum Gasteiger partial charge on any atom is 0.146 e. The van der Waals surface area contributed by atoms with Gasteiger partial charge in [-0.3, -0.25) is 4.98 Å². The van der Waals surface area contributed by atoms with Gasteiger partial charge in [-0.2, -0.15) is 0 Å². The van der Waals surface area contributed by atoms with Crippen molar-refractivity contribution in [3.63, 3.8) is 0 Å². The van der Waals surface area contributed by atoms with E-state index in [1.54, 1.807) is 24.3 Å². The molecule has 3 nitrogen and oxygen atoms in total. The Morgan fingerprint density at radius 2 is 2.11 bits per heavy atom. The number of aromatic nitrogens is 1. The largest absolute Gasteiger partial charge is 0.506 e. The summed E-state index contributed by atoms with van der Waals surface area (Å²) >= 11 is 3.28. The second-order valence-electron chi connectivity index (χ2n) is 3.90. The normalized spacial score (nSPS) is 10.4. The average molecular weight is 311 g/mol. The van der Waals surface area contributed by atoms with Crippen LogP contribution in [0.5, 0.6) is 5.75 Å². The third-order valence-electron chi connectivity index (χ3n) is 2.46. The first-order valence-electron chi connectivity index (χ1n) is 5.40. The van der Waals surface area contributed by atoms with Gasteiger partial charge in [0.25, 0.3) is 0 Å². The van der Waals surface area contributed by atoms with Crippen LogP contribution in [0.25, 0.3) is 0 Å². The molecule has 0 amide bonds. The van der Waals surface area contributed by atoms with Crippen molar-refractivity contribution >= 4 is 21.6 Å². The minimum atomic E-state index is -0.342. The van der Waals surface area contributed by atoms with E-state index in [2.05, 4.69) is 26.2 Å². The third-order valence-corrected chi connectivity index (χ3v) is 2.96. The Kier molecular flexibility index (Phi) is 3.81. The highest BCUT2D eigenvalue weighted by Gasteiger charge is 2.06. The molecule has 1 aromatic carbocycles. The number of hydrogen-bond donors (Lipinski definition) is 2. The number of hydrogen-bond acceptors (Lipinski definition) is 3. The molecule has 0 bridgehead atoms. The standard InChI is InChI=1S/C13H12BrFN2O/c1-8-2-5-13(18)12(17-8)7-16-11-6-9(14)3-4-10(11)15/h2-6,16,18H,7H2,1H3. The maximum absolute atomic E-state index is 13.5. The van der Waals surface area contributed by atoms with Crippen LogP contribution in [0.1, 0.15) is 11.4 Å². The molecule has 18 heavy (non-hydrogen) atoms. The smallest absolute Gasteiger partial charge is 0.146 e. The molecule has 0 spiro atoms. The monoisotopic (exact) mass is 310 g/mol. The first-order chi connectivity index (χ1) is 8.56. The molecule has 1 aromatic heterocycles. The van der Waals surface area contributed by atoms with Gasteiger partial charge in [0.1, 0.15) is 17.3 Å². The zero-order chi connectivity index (χ0) is 13.1. The lowest BCUT2D eigenvalue weighted by atomic mass is 10.2. The van der Waals surface area contributed by atoms with Crippen LogP contribution in [0.3, 0.4) is 0 Å². The van der Waals surface area contributed by atoms with Crippen molar-refractivity contribution in [1.82, 2.24) is 4.98 Å². The van der Waals surface area contributed by atoms with Crippen molar-refractivity contribution in [2.24, 2.45) is 0 Å². The van der Waals surface area contributed by atoms with Gasteiger partial charge >= 0.3 is 0 Å². The minimum absolute atomic E-state index is 0.100. The SMILES string of the molecule is Cc1ccc(O)c(CNc2cc(Br)ccc2F)n1. The van der Waals surface area contributed by atoms with Crippen molar-refractivity contribution in [2.45, 2.75) is 13.5 Å². The molecule has 0 aliphatic carbocycles. The van der Waals surface area contributed by atoms with E-state index in [9.17, 15) is 9.50 Å². The molecule has 2 N–H and O–H groups in total. The summed E-state index contributed by atoms with van der Waals surface area (Å²) < 4.78 is 14.3. The number of nitrogens with zero attached hydrogens (tertiary/aromatic N) is 1. The van der Waals surface area contributed by atoms with E-state index in [-0.39, 0.29) is 18.1 Å². The molecule has 0 aliphatic heterocycles. The van der Waals surface area contributed by atoms with Crippen LogP contribution >= 0.6 is 15.9 Å². The zero-order valence-corrected chi connectivity index (χ0v) is 11.3. The fourth-order valence-corrected chi connectivity index (χ4v) is 1.91. The van der Waals surface area contributed by atoms with E-state index in [4.69, 9.17) is 0 Å². The van der Waals surface area contributed by atoms with Gasteiger partial charge in [0.15, 0.2) is 0 Å². The molecule has 2 aromatic rings. The molecule has 0 saturated carbocycles. The lowest BCUT2D eigenvalue weighted by Gasteiger charge is -2.09. The quantitative estimate of drug-likeness (QED) is 0.910. The third kappa shape index (κ3) is 2.98. The van der Waals surface area contributed by atoms with Crippen LogP contribution in [0.4, 0.5) is 10.1 Å². The lowest BCUT2D eigenvalue weighted by Crippen LogP contribution is -2.04. The molecule has 0 aliphatic rings. The summed E-state index contributed by atoms with van der Waals surface area (Å²) in [5, 5.41) is 12.5. The van der Waals surface area contributed by atoms with Crippen molar-refractivity contribution in [3.05, 3.63) is 52.0 Å². The molecule has 1 heterocycles. The second-order valence-corrected chi connectivity index (χ2v) is 4.81. The van der Waals surface area contributed by atoms with Crippen LogP contribution in [-0.4, -0.2) is 10.1 Å². The molecule has 0 unspecified atom stereocenters. The topological polar surface area (TPSA) is 45.1 Å². The second kappa shape index (κ2) is 5.35. The average Bonchev–Trinajstić information content (AvgIpc) is 2.34. The van der Waals surface area contributed by atoms with Gasteiger partial charge in [0.05, 0.1) is 12.2 Å². The Labute approximate surface area is 113 Å². The summed E-state index contributed by atoms with van der Waals surface area (Å²) in [7, 11) is 0. The molecular weight excluding hydrogens is 299 g/mol. The maximum atomic E-state index is 13.5. The van der Waals surface area contributed by atoms with Gasteiger partial charge in [-0.1, -0.05) is 15.9 Å². The van der Waals surface area contributed by atoms with Crippen LogP contribution in [0.15, 0.2) is 34.8 Å². The number of anilines is 1. The Morgan fingerprint density at radius 1 is 1.33 bits per heavy atom. The van der Waals surface area contributed by atoms with Crippen molar-refractivity contribution < 1.29 is 9.50 Å². The Hall–Kier alpha value is -1.62.